The maximum atomic E-state index is 12.4. The first-order valence-electron chi connectivity index (χ1n) is 9.50. The minimum absolute atomic E-state index is 0.00931. The van der Waals surface area contributed by atoms with E-state index in [0.29, 0.717) is 35.8 Å². The van der Waals surface area contributed by atoms with E-state index in [2.05, 4.69) is 39.6 Å². The second kappa shape index (κ2) is 8.74. The van der Waals surface area contributed by atoms with E-state index < -0.39 is 0 Å². The molecule has 0 spiro atoms. The van der Waals surface area contributed by atoms with Crippen LogP contribution in [0.1, 0.15) is 48.9 Å². The van der Waals surface area contributed by atoms with E-state index in [-0.39, 0.29) is 16.9 Å². The van der Waals surface area contributed by atoms with Gasteiger partial charge in [0.25, 0.3) is 5.56 Å². The maximum absolute atomic E-state index is 12.4. The number of benzene rings is 1. The molecule has 2 N–H and O–H groups in total. The number of hydrogen-bond donors (Lipinski definition) is 2. The van der Waals surface area contributed by atoms with Crippen molar-refractivity contribution in [2.75, 3.05) is 12.8 Å². The molecular formula is C21H27N3O2S. The van der Waals surface area contributed by atoms with Crippen molar-refractivity contribution in [2.45, 2.75) is 56.0 Å². The zero-order valence-corrected chi connectivity index (χ0v) is 16.8. The average molecular weight is 386 g/mol. The number of nitrogens with one attached hydrogen (secondary N) is 2. The normalized spacial score (nSPS) is 15.6. The fraction of sp³-hybridized carbons (Fsp3) is 0.476. The van der Waals surface area contributed by atoms with Gasteiger partial charge in [0.1, 0.15) is 0 Å². The molecule has 0 unspecified atom stereocenters. The van der Waals surface area contributed by atoms with Crippen molar-refractivity contribution in [2.24, 2.45) is 0 Å². The summed E-state index contributed by atoms with van der Waals surface area (Å²) in [5.74, 6) is -0.00931. The van der Waals surface area contributed by atoms with Crippen LogP contribution in [-0.2, 0) is 16.6 Å². The lowest BCUT2D eigenvalue weighted by molar-refractivity contribution is -0.121. The molecule has 144 valence electrons. The highest BCUT2D eigenvalue weighted by Gasteiger charge is 2.35. The summed E-state index contributed by atoms with van der Waals surface area (Å²) in [5.41, 5.74) is 2.52. The standard InChI is InChI=1S/C21H27N3O2S/c1-15-17(19(26)24-20(23-15)27-2)10-11-18(25)22-14-21(12-6-7-13-21)16-8-4-3-5-9-16/h3-5,8-9H,6-7,10-14H2,1-2H3,(H,22,25)(H,23,24,26). The first-order chi connectivity index (χ1) is 13.0. The Kier molecular flexibility index (Phi) is 6.37. The van der Waals surface area contributed by atoms with Crippen LogP contribution in [0.15, 0.2) is 40.3 Å². The number of carbonyl (C=O) groups excluding carboxylic acids is 1. The molecule has 1 heterocycles. The van der Waals surface area contributed by atoms with Crippen LogP contribution < -0.4 is 10.9 Å². The van der Waals surface area contributed by atoms with Gasteiger partial charge in [-0.25, -0.2) is 4.98 Å². The van der Waals surface area contributed by atoms with Gasteiger partial charge in [0.05, 0.1) is 0 Å². The Morgan fingerprint density at radius 1 is 1.26 bits per heavy atom. The number of H-pyrrole nitrogens is 1. The van der Waals surface area contributed by atoms with Gasteiger partial charge in [-0.15, -0.1) is 0 Å². The lowest BCUT2D eigenvalue weighted by Crippen LogP contribution is -2.39. The number of thioether (sulfide) groups is 1. The number of hydrogen-bond acceptors (Lipinski definition) is 4. The molecule has 0 aliphatic heterocycles. The van der Waals surface area contributed by atoms with Gasteiger partial charge in [-0.1, -0.05) is 54.9 Å². The van der Waals surface area contributed by atoms with Gasteiger partial charge in [-0.3, -0.25) is 9.59 Å². The van der Waals surface area contributed by atoms with Gasteiger partial charge in [0.15, 0.2) is 5.16 Å². The topological polar surface area (TPSA) is 74.8 Å². The molecule has 3 rings (SSSR count). The van der Waals surface area contributed by atoms with Crippen LogP contribution in [0.5, 0.6) is 0 Å². The summed E-state index contributed by atoms with van der Waals surface area (Å²) in [6.07, 6.45) is 7.20. The number of carbonyl (C=O) groups is 1. The van der Waals surface area contributed by atoms with E-state index in [1.807, 2.05) is 19.2 Å². The molecule has 0 bridgehead atoms. The zero-order valence-electron chi connectivity index (χ0n) is 16.0. The number of amides is 1. The Balaban J connectivity index is 1.61. The van der Waals surface area contributed by atoms with Gasteiger partial charge in [0, 0.05) is 29.6 Å². The lowest BCUT2D eigenvalue weighted by atomic mass is 9.79. The summed E-state index contributed by atoms with van der Waals surface area (Å²) in [7, 11) is 0. The Morgan fingerprint density at radius 2 is 1.96 bits per heavy atom. The van der Waals surface area contributed by atoms with Crippen molar-refractivity contribution in [3.05, 3.63) is 57.5 Å². The Morgan fingerprint density at radius 3 is 2.59 bits per heavy atom. The van der Waals surface area contributed by atoms with Gasteiger partial charge in [-0.05, 0) is 38.0 Å². The van der Waals surface area contributed by atoms with Gasteiger partial charge < -0.3 is 10.3 Å². The van der Waals surface area contributed by atoms with Crippen molar-refractivity contribution in [1.82, 2.24) is 15.3 Å². The highest BCUT2D eigenvalue weighted by Crippen LogP contribution is 2.40. The van der Waals surface area contributed by atoms with Crippen LogP contribution in [0.2, 0.25) is 0 Å². The van der Waals surface area contributed by atoms with Gasteiger partial charge in [0.2, 0.25) is 5.91 Å². The molecule has 6 heteroatoms. The highest BCUT2D eigenvalue weighted by molar-refractivity contribution is 7.98. The van der Waals surface area contributed by atoms with E-state index in [9.17, 15) is 9.59 Å². The second-order valence-corrected chi connectivity index (χ2v) is 8.06. The number of aromatic amines is 1. The van der Waals surface area contributed by atoms with E-state index in [1.54, 1.807) is 0 Å². The largest absolute Gasteiger partial charge is 0.355 e. The van der Waals surface area contributed by atoms with Crippen molar-refractivity contribution in [1.29, 1.82) is 0 Å². The molecule has 1 aromatic heterocycles. The first kappa shape index (κ1) is 19.7. The van der Waals surface area contributed by atoms with Crippen LogP contribution in [0.25, 0.3) is 0 Å². The Hall–Kier alpha value is -2.08. The predicted octanol–water partition coefficient (Wildman–Crippen LogP) is 3.36. The lowest BCUT2D eigenvalue weighted by Gasteiger charge is -2.30. The van der Waals surface area contributed by atoms with E-state index in [4.69, 9.17) is 0 Å². The van der Waals surface area contributed by atoms with E-state index in [0.717, 1.165) is 12.8 Å². The SMILES string of the molecule is CSc1nc(C)c(CCC(=O)NCC2(c3ccccc3)CCCC2)c(=O)[nH]1. The molecular weight excluding hydrogens is 358 g/mol. The van der Waals surface area contributed by atoms with Crippen molar-refractivity contribution >= 4 is 17.7 Å². The number of aromatic nitrogens is 2. The predicted molar refractivity (Wildman–Crippen MR) is 109 cm³/mol. The summed E-state index contributed by atoms with van der Waals surface area (Å²) >= 11 is 1.40. The second-order valence-electron chi connectivity index (χ2n) is 7.27. The first-order valence-corrected chi connectivity index (χ1v) is 10.7. The quantitative estimate of drug-likeness (QED) is 0.566. The third kappa shape index (κ3) is 4.61. The van der Waals surface area contributed by atoms with Gasteiger partial charge in [-0.2, -0.15) is 0 Å². The third-order valence-electron chi connectivity index (χ3n) is 5.57. The molecule has 27 heavy (non-hydrogen) atoms. The molecule has 1 amide bonds. The molecule has 0 atom stereocenters. The fourth-order valence-electron chi connectivity index (χ4n) is 3.98. The molecule has 2 aromatic rings. The minimum atomic E-state index is -0.142. The number of rotatable bonds is 7. The van der Waals surface area contributed by atoms with E-state index in [1.165, 1.54) is 30.2 Å². The van der Waals surface area contributed by atoms with Crippen LogP contribution in [0.4, 0.5) is 0 Å². The fourth-order valence-corrected chi connectivity index (χ4v) is 4.40. The molecule has 1 aliphatic rings. The summed E-state index contributed by atoms with van der Waals surface area (Å²) in [4.78, 5) is 31.8. The number of nitrogens with zero attached hydrogens (tertiary/aromatic N) is 1. The molecule has 1 aromatic carbocycles. The van der Waals surface area contributed by atoms with Crippen LogP contribution in [0, 0.1) is 6.92 Å². The molecule has 1 fully saturated rings. The van der Waals surface area contributed by atoms with E-state index >= 15 is 0 Å². The molecule has 1 aliphatic carbocycles. The molecule has 1 saturated carbocycles. The number of aryl methyl sites for hydroxylation is 1. The monoisotopic (exact) mass is 385 g/mol. The summed E-state index contributed by atoms with van der Waals surface area (Å²) in [5, 5.41) is 3.73. The third-order valence-corrected chi connectivity index (χ3v) is 6.15. The average Bonchev–Trinajstić information content (AvgIpc) is 3.16. The Labute approximate surface area is 164 Å². The molecule has 5 nitrogen and oxygen atoms in total. The van der Waals surface area contributed by atoms with Crippen LogP contribution in [-0.4, -0.2) is 28.7 Å². The summed E-state index contributed by atoms with van der Waals surface area (Å²) in [6, 6.07) is 10.5. The maximum Gasteiger partial charge on any atom is 0.254 e. The summed E-state index contributed by atoms with van der Waals surface area (Å²) in [6.45, 7) is 2.49. The van der Waals surface area contributed by atoms with Crippen LogP contribution in [0.3, 0.4) is 0 Å². The summed E-state index contributed by atoms with van der Waals surface area (Å²) < 4.78 is 0. The minimum Gasteiger partial charge on any atom is -0.355 e. The smallest absolute Gasteiger partial charge is 0.254 e. The molecule has 0 saturated heterocycles. The van der Waals surface area contributed by atoms with Crippen LogP contribution >= 0.6 is 11.8 Å². The zero-order chi connectivity index (χ0) is 19.3. The molecule has 0 radical (unpaired) electrons. The highest BCUT2D eigenvalue weighted by atomic mass is 32.2. The van der Waals surface area contributed by atoms with Gasteiger partial charge >= 0.3 is 0 Å². The van der Waals surface area contributed by atoms with Crippen molar-refractivity contribution < 1.29 is 4.79 Å². The van der Waals surface area contributed by atoms with Crippen molar-refractivity contribution in [3.8, 4) is 0 Å². The van der Waals surface area contributed by atoms with Crippen molar-refractivity contribution in [3.63, 3.8) is 0 Å². The Bertz CT molecular complexity index is 842.